The molecule has 13 aromatic carbocycles. The maximum atomic E-state index is 6.29. The third kappa shape index (κ3) is 7.48. The number of furan rings is 3. The minimum absolute atomic E-state index is 0.462. The highest BCUT2D eigenvalue weighted by Crippen LogP contribution is 2.45. The van der Waals surface area contributed by atoms with Gasteiger partial charge in [0.05, 0.1) is 44.1 Å². The molecule has 0 amide bonds. The lowest BCUT2D eigenvalue weighted by Crippen LogP contribution is -2.13. The highest BCUT2D eigenvalue weighted by molar-refractivity contribution is 6.29. The van der Waals surface area contributed by atoms with Crippen LogP contribution in [0.25, 0.3) is 210 Å². The van der Waals surface area contributed by atoms with Crippen LogP contribution in [0.4, 0.5) is 0 Å². The van der Waals surface area contributed by atoms with Crippen LogP contribution in [-0.4, -0.2) is 43.2 Å². The van der Waals surface area contributed by atoms with Gasteiger partial charge in [-0.05, 0) is 150 Å². The molecule has 0 saturated carbocycles. The second kappa shape index (κ2) is 19.6. The van der Waals surface area contributed by atoms with Crippen molar-refractivity contribution in [1.82, 2.24) is 43.2 Å². The molecule has 0 bridgehead atoms. The van der Waals surface area contributed by atoms with Gasteiger partial charge in [-0.3, -0.25) is 18.3 Å². The quantitative estimate of drug-likeness (QED) is 0.155. The molecule has 22 rings (SSSR count). The summed E-state index contributed by atoms with van der Waals surface area (Å²) in [5.74, 6) is 2.77. The van der Waals surface area contributed by atoms with Crippen molar-refractivity contribution in [3.8, 4) is 57.3 Å². The maximum absolute atomic E-state index is 6.29. The Morgan fingerprint density at radius 3 is 0.990 bits per heavy atom. The zero-order valence-electron chi connectivity index (χ0n) is 51.4. The predicted molar refractivity (Wildman–Crippen MR) is 391 cm³/mol. The van der Waals surface area contributed by atoms with Crippen molar-refractivity contribution in [2.24, 2.45) is 0 Å². The zero-order valence-corrected chi connectivity index (χ0v) is 51.4. The molecule has 0 spiro atoms. The van der Waals surface area contributed by atoms with Gasteiger partial charge in [-0.15, -0.1) is 0 Å². The average Bonchev–Trinajstić information content (AvgIpc) is 1.55. The lowest BCUT2D eigenvalue weighted by molar-refractivity contribution is 0.668. The first-order valence-corrected chi connectivity index (χ1v) is 32.4. The van der Waals surface area contributed by atoms with E-state index in [1.807, 2.05) is 66.9 Å². The molecule has 12 nitrogen and oxygen atoms in total. The number of hydrogen-bond acceptors (Lipinski definition) is 8. The van der Waals surface area contributed by atoms with Crippen molar-refractivity contribution >= 4 is 153 Å². The molecular weight excluding hydrogens is 1190 g/mol. The summed E-state index contributed by atoms with van der Waals surface area (Å²) in [5.41, 5.74) is 18.1. The molecule has 0 saturated heterocycles. The molecule has 0 fully saturated rings. The highest BCUT2D eigenvalue weighted by atomic mass is 16.3. The van der Waals surface area contributed by atoms with Gasteiger partial charge in [0, 0.05) is 87.2 Å². The fourth-order valence-electron chi connectivity index (χ4n) is 15.6. The van der Waals surface area contributed by atoms with Gasteiger partial charge in [-0.25, -0.2) is 9.97 Å². The summed E-state index contributed by atoms with van der Waals surface area (Å²) in [6, 6.07) is 98.0. The fourth-order valence-corrected chi connectivity index (χ4v) is 15.6. The molecule has 9 heterocycles. The molecule has 0 aliphatic carbocycles. The first kappa shape index (κ1) is 52.1. The largest absolute Gasteiger partial charge is 0.456 e. The van der Waals surface area contributed by atoms with E-state index in [0.29, 0.717) is 23.7 Å². The van der Waals surface area contributed by atoms with E-state index in [-0.39, 0.29) is 0 Å². The molecule has 450 valence electrons. The van der Waals surface area contributed by atoms with E-state index in [1.165, 1.54) is 0 Å². The van der Waals surface area contributed by atoms with Crippen LogP contribution in [-0.2, 0) is 0 Å². The topological polar surface area (TPSA) is 124 Å². The van der Waals surface area contributed by atoms with Crippen LogP contribution in [0.1, 0.15) is 0 Å². The van der Waals surface area contributed by atoms with Crippen molar-refractivity contribution < 1.29 is 13.3 Å². The molecule has 97 heavy (non-hydrogen) atoms. The van der Waals surface area contributed by atoms with Crippen LogP contribution in [0.5, 0.6) is 0 Å². The first-order chi connectivity index (χ1) is 48.1. The van der Waals surface area contributed by atoms with E-state index in [2.05, 4.69) is 237 Å². The van der Waals surface area contributed by atoms with E-state index in [9.17, 15) is 0 Å². The molecule has 0 atom stereocenters. The van der Waals surface area contributed by atoms with Gasteiger partial charge in [-0.1, -0.05) is 152 Å². The van der Waals surface area contributed by atoms with Crippen LogP contribution in [0, 0.1) is 0 Å². The van der Waals surface area contributed by atoms with Crippen LogP contribution >= 0.6 is 0 Å². The summed E-state index contributed by atoms with van der Waals surface area (Å²) in [5, 5.41) is 15.0. The molecular formula is C85H47N9O3. The Morgan fingerprint density at radius 1 is 0.216 bits per heavy atom. The van der Waals surface area contributed by atoms with Crippen LogP contribution in [0.2, 0.25) is 0 Å². The third-order valence-corrected chi connectivity index (χ3v) is 19.9. The predicted octanol–water partition coefficient (Wildman–Crippen LogP) is 21.7. The summed E-state index contributed by atoms with van der Waals surface area (Å²) < 4.78 is 27.7. The van der Waals surface area contributed by atoms with Gasteiger partial charge in [0.2, 0.25) is 17.8 Å². The van der Waals surface area contributed by atoms with Crippen molar-refractivity contribution in [3.63, 3.8) is 0 Å². The molecule has 0 aliphatic heterocycles. The maximum Gasteiger partial charge on any atom is 0.241 e. The second-order valence-electron chi connectivity index (χ2n) is 25.1. The smallest absolute Gasteiger partial charge is 0.241 e. The SMILES string of the molecule is c1ccc2c(c1)oc1ccc(-c3ccc4c(c3)c3ccccc3n4-c3nc(-n4c5ccccc5c5cc(-c6ccc7oc8ccccc8c7c6)ccc54)nc(-n4c5ccccc5c5c6c7ccccc7n(-c7ccnc(-c8ccc9oc%10ccccc%10c9c8)n7)c6ccc54)n3)cc12. The monoisotopic (exact) mass is 1240 g/mol. The zero-order chi connectivity index (χ0) is 63.1. The van der Waals surface area contributed by atoms with Crippen molar-refractivity contribution in [3.05, 3.63) is 285 Å². The average molecular weight is 1240 g/mol. The van der Waals surface area contributed by atoms with Crippen molar-refractivity contribution in [2.75, 3.05) is 0 Å². The molecule has 0 unspecified atom stereocenters. The normalized spacial score (nSPS) is 12.3. The Hall–Kier alpha value is -13.5. The van der Waals surface area contributed by atoms with Gasteiger partial charge >= 0.3 is 0 Å². The van der Waals surface area contributed by atoms with Crippen molar-refractivity contribution in [2.45, 2.75) is 0 Å². The minimum Gasteiger partial charge on any atom is -0.456 e. The summed E-state index contributed by atoms with van der Waals surface area (Å²) >= 11 is 0. The third-order valence-electron chi connectivity index (χ3n) is 19.9. The Balaban J connectivity index is 0.775. The van der Waals surface area contributed by atoms with Crippen LogP contribution < -0.4 is 0 Å². The summed E-state index contributed by atoms with van der Waals surface area (Å²) in [4.78, 5) is 27.4. The van der Waals surface area contributed by atoms with E-state index in [1.54, 1.807) is 0 Å². The number of benzene rings is 13. The van der Waals surface area contributed by atoms with E-state index in [0.717, 1.165) is 187 Å². The van der Waals surface area contributed by atoms with Gasteiger partial charge in [0.15, 0.2) is 5.82 Å². The molecule has 0 radical (unpaired) electrons. The molecule has 0 N–H and O–H groups in total. The molecule has 0 aliphatic rings. The van der Waals surface area contributed by atoms with E-state index >= 15 is 0 Å². The van der Waals surface area contributed by atoms with E-state index in [4.69, 9.17) is 38.2 Å². The number of aromatic nitrogens is 9. The van der Waals surface area contributed by atoms with Crippen LogP contribution in [0.3, 0.4) is 0 Å². The standard InChI is InChI=1S/C85H47N9O3/c1-8-22-65-53(15-1)60-43-48(50-31-38-76-62(45-50)55-17-5-12-26-73(55)95-76)29-34-69(60)92(65)83-88-84(93-66-23-9-2-16-54(66)61-44-49(30-35-70(61)93)51-32-39-77-63(46-51)56-18-6-13-27-74(56)96-77)90-85(89-83)94-68-25-11-4-21-59(68)81-72(94)37-36-71-80(81)58-20-3-10-24-67(58)91(71)79-41-42-86-82(87-79)52-33-40-78-64(47-52)57-19-7-14-28-75(57)97-78/h1-47H. The number of nitrogens with zero attached hydrogens (tertiary/aromatic N) is 9. The molecule has 9 aromatic heterocycles. The van der Waals surface area contributed by atoms with Crippen LogP contribution in [0.15, 0.2) is 299 Å². The summed E-state index contributed by atoms with van der Waals surface area (Å²) in [7, 11) is 0. The lowest BCUT2D eigenvalue weighted by atomic mass is 10.0. The Bertz CT molecular complexity index is 6920. The number of para-hydroxylation sites is 7. The second-order valence-corrected chi connectivity index (χ2v) is 25.1. The van der Waals surface area contributed by atoms with Gasteiger partial charge in [0.25, 0.3) is 0 Å². The Morgan fingerprint density at radius 2 is 0.526 bits per heavy atom. The van der Waals surface area contributed by atoms with E-state index < -0.39 is 0 Å². The number of fused-ring (bicyclic) bond motifs is 22. The van der Waals surface area contributed by atoms with Crippen molar-refractivity contribution in [1.29, 1.82) is 0 Å². The van der Waals surface area contributed by atoms with Gasteiger partial charge < -0.3 is 13.3 Å². The number of hydrogen-bond donors (Lipinski definition) is 0. The minimum atomic E-state index is 0.462. The fraction of sp³-hybridized carbons (Fsp3) is 0. The van der Waals surface area contributed by atoms with Gasteiger partial charge in [-0.2, -0.15) is 15.0 Å². The Labute approximate surface area is 549 Å². The summed E-state index contributed by atoms with van der Waals surface area (Å²) in [6.45, 7) is 0. The van der Waals surface area contributed by atoms with Gasteiger partial charge in [0.1, 0.15) is 39.3 Å². The number of rotatable bonds is 7. The lowest BCUT2D eigenvalue weighted by Gasteiger charge is -2.14. The highest BCUT2D eigenvalue weighted by Gasteiger charge is 2.27. The summed E-state index contributed by atoms with van der Waals surface area (Å²) in [6.07, 6.45) is 1.86. The Kier molecular flexibility index (Phi) is 10.5. The molecule has 12 heteroatoms. The first-order valence-electron chi connectivity index (χ1n) is 32.4. The molecule has 22 aromatic rings.